The van der Waals surface area contributed by atoms with E-state index in [9.17, 15) is 19.5 Å². The molecule has 0 aliphatic heterocycles. The molecule has 8 heteroatoms. The number of benzene rings is 1. The van der Waals surface area contributed by atoms with Crippen LogP contribution in [0.4, 0.5) is 0 Å². The van der Waals surface area contributed by atoms with Gasteiger partial charge in [-0.05, 0) is 25.1 Å². The summed E-state index contributed by atoms with van der Waals surface area (Å²) in [4.78, 5) is 39.7. The summed E-state index contributed by atoms with van der Waals surface area (Å²) in [7, 11) is 1.66. The summed E-state index contributed by atoms with van der Waals surface area (Å²) in [5.41, 5.74) is 0.803. The fourth-order valence-corrected chi connectivity index (χ4v) is 2.96. The van der Waals surface area contributed by atoms with Crippen LogP contribution in [0.3, 0.4) is 0 Å². The maximum absolute atomic E-state index is 13.0. The van der Waals surface area contributed by atoms with Gasteiger partial charge in [-0.3, -0.25) is 14.4 Å². The van der Waals surface area contributed by atoms with Gasteiger partial charge >= 0.3 is 5.97 Å². The van der Waals surface area contributed by atoms with Crippen LogP contribution in [0.25, 0.3) is 10.9 Å². The zero-order valence-corrected chi connectivity index (χ0v) is 15.8. The number of nitrogens with one attached hydrogen (secondary N) is 3. The molecule has 0 fully saturated rings. The van der Waals surface area contributed by atoms with E-state index in [1.54, 1.807) is 19.2 Å². The molecule has 0 saturated heterocycles. The Morgan fingerprint density at radius 3 is 2.56 bits per heavy atom. The maximum atomic E-state index is 13.0. The van der Waals surface area contributed by atoms with Crippen LogP contribution in [0.2, 0.25) is 0 Å². The van der Waals surface area contributed by atoms with Crippen molar-refractivity contribution in [1.29, 1.82) is 0 Å². The quantitative estimate of drug-likeness (QED) is 0.408. The highest BCUT2D eigenvalue weighted by Gasteiger charge is 2.29. The number of ether oxygens (including phenoxy) is 1. The molecule has 0 aliphatic rings. The first kappa shape index (κ1) is 20.4. The van der Waals surface area contributed by atoms with Crippen LogP contribution in [0.5, 0.6) is 5.75 Å². The highest BCUT2D eigenvalue weighted by Crippen LogP contribution is 2.28. The number of likely N-dealkylation sites (N-methyl/N-ethyl adjacent to an activating group) is 1. The number of rotatable bonds is 8. The molecule has 27 heavy (non-hydrogen) atoms. The Morgan fingerprint density at radius 2 is 1.96 bits per heavy atom. The van der Waals surface area contributed by atoms with Crippen molar-refractivity contribution in [2.24, 2.45) is 5.92 Å². The first-order valence-corrected chi connectivity index (χ1v) is 8.70. The van der Waals surface area contributed by atoms with E-state index in [4.69, 9.17) is 4.74 Å². The third-order valence-electron chi connectivity index (χ3n) is 4.30. The molecule has 2 atom stereocenters. The molecular weight excluding hydrogens is 350 g/mol. The van der Waals surface area contributed by atoms with Crippen molar-refractivity contribution in [3.8, 4) is 5.75 Å². The van der Waals surface area contributed by atoms with Crippen molar-refractivity contribution >= 4 is 28.6 Å². The van der Waals surface area contributed by atoms with Crippen LogP contribution in [0, 0.1) is 5.92 Å². The van der Waals surface area contributed by atoms with Gasteiger partial charge in [0.1, 0.15) is 18.4 Å². The monoisotopic (exact) mass is 375 g/mol. The lowest BCUT2D eigenvalue weighted by molar-refractivity contribution is -0.142. The van der Waals surface area contributed by atoms with Gasteiger partial charge in [0.15, 0.2) is 5.78 Å². The standard InChI is InChI=1S/C19H25N3O5/c1-10(2)17(20-4)19(26)22-14(9-27-11(3)23)18(25)12-8-21-13-6-5-7-15(24)16(12)13/h5-8,10,14,17,20-21,24H,9H2,1-4H3,(H,22,26)/t14-,17+/m1/s1. The molecule has 2 rings (SSSR count). The van der Waals surface area contributed by atoms with E-state index < -0.39 is 23.8 Å². The highest BCUT2D eigenvalue weighted by molar-refractivity contribution is 6.13. The zero-order chi connectivity index (χ0) is 20.1. The Bertz CT molecular complexity index is 843. The Kier molecular flexibility index (Phi) is 6.57. The van der Waals surface area contributed by atoms with Gasteiger partial charge in [-0.25, -0.2) is 0 Å². The summed E-state index contributed by atoms with van der Waals surface area (Å²) in [6.07, 6.45) is 1.47. The molecule has 1 heterocycles. The number of H-pyrrole nitrogens is 1. The zero-order valence-electron chi connectivity index (χ0n) is 15.8. The van der Waals surface area contributed by atoms with E-state index >= 15 is 0 Å². The number of aromatic amines is 1. The molecule has 0 aliphatic carbocycles. The first-order valence-electron chi connectivity index (χ1n) is 8.70. The number of aromatic nitrogens is 1. The molecule has 0 bridgehead atoms. The smallest absolute Gasteiger partial charge is 0.302 e. The number of phenolic OH excluding ortho intramolecular Hbond substituents is 1. The topological polar surface area (TPSA) is 121 Å². The van der Waals surface area contributed by atoms with Crippen molar-refractivity contribution in [3.05, 3.63) is 30.0 Å². The summed E-state index contributed by atoms with van der Waals surface area (Å²) < 4.78 is 4.97. The molecule has 8 nitrogen and oxygen atoms in total. The first-order chi connectivity index (χ1) is 12.8. The number of carbonyl (C=O) groups excluding carboxylic acids is 3. The van der Waals surface area contributed by atoms with Crippen LogP contribution in [0.1, 0.15) is 31.1 Å². The Labute approximate surface area is 157 Å². The Hall–Kier alpha value is -2.87. The summed E-state index contributed by atoms with van der Waals surface area (Å²) >= 11 is 0. The molecule has 2 aromatic rings. The molecule has 0 unspecified atom stereocenters. The molecule has 4 N–H and O–H groups in total. The molecule has 0 saturated carbocycles. The fourth-order valence-electron chi connectivity index (χ4n) is 2.96. The van der Waals surface area contributed by atoms with Crippen molar-refractivity contribution < 1.29 is 24.2 Å². The van der Waals surface area contributed by atoms with Crippen molar-refractivity contribution in [1.82, 2.24) is 15.6 Å². The number of hydrogen-bond acceptors (Lipinski definition) is 6. The number of phenols is 1. The third kappa shape index (κ3) is 4.65. The van der Waals surface area contributed by atoms with Crippen LogP contribution in [-0.4, -0.2) is 53.5 Å². The van der Waals surface area contributed by atoms with Crippen LogP contribution >= 0.6 is 0 Å². The van der Waals surface area contributed by atoms with Crippen LogP contribution in [-0.2, 0) is 14.3 Å². The van der Waals surface area contributed by atoms with Gasteiger partial charge in [-0.2, -0.15) is 0 Å². The normalized spacial score (nSPS) is 13.4. The predicted molar refractivity (Wildman–Crippen MR) is 101 cm³/mol. The maximum Gasteiger partial charge on any atom is 0.302 e. The van der Waals surface area contributed by atoms with Crippen molar-refractivity contribution in [3.63, 3.8) is 0 Å². The lowest BCUT2D eigenvalue weighted by Gasteiger charge is -2.23. The van der Waals surface area contributed by atoms with Crippen molar-refractivity contribution in [2.75, 3.05) is 13.7 Å². The molecule has 0 radical (unpaired) electrons. The van der Waals surface area contributed by atoms with Gasteiger partial charge in [-0.15, -0.1) is 0 Å². The van der Waals surface area contributed by atoms with Gasteiger partial charge in [0.2, 0.25) is 5.91 Å². The number of carbonyl (C=O) groups is 3. The fraction of sp³-hybridized carbons (Fsp3) is 0.421. The SMILES string of the molecule is CN[C@H](C(=O)N[C@H](COC(C)=O)C(=O)c1c[nH]c2cccc(O)c12)C(C)C. The summed E-state index contributed by atoms with van der Waals surface area (Å²) in [5, 5.41) is 16.0. The van der Waals surface area contributed by atoms with Gasteiger partial charge < -0.3 is 25.5 Å². The Balaban J connectivity index is 2.33. The van der Waals surface area contributed by atoms with Gasteiger partial charge in [0, 0.05) is 24.2 Å². The van der Waals surface area contributed by atoms with E-state index in [1.807, 2.05) is 13.8 Å². The number of ketones is 1. The van der Waals surface area contributed by atoms with E-state index in [-0.39, 0.29) is 29.7 Å². The van der Waals surface area contributed by atoms with E-state index in [2.05, 4.69) is 15.6 Å². The molecule has 1 aromatic carbocycles. The average Bonchev–Trinajstić information content (AvgIpc) is 3.03. The minimum Gasteiger partial charge on any atom is -0.507 e. The summed E-state index contributed by atoms with van der Waals surface area (Å²) in [5.74, 6) is -1.45. The number of amides is 1. The number of esters is 1. The van der Waals surface area contributed by atoms with Crippen LogP contribution < -0.4 is 10.6 Å². The van der Waals surface area contributed by atoms with Gasteiger partial charge in [0.25, 0.3) is 0 Å². The summed E-state index contributed by atoms with van der Waals surface area (Å²) in [6.45, 7) is 4.68. The molecule has 0 spiro atoms. The lowest BCUT2D eigenvalue weighted by atomic mass is 10.0. The van der Waals surface area contributed by atoms with E-state index in [0.29, 0.717) is 10.9 Å². The second-order valence-electron chi connectivity index (χ2n) is 6.64. The van der Waals surface area contributed by atoms with Gasteiger partial charge in [-0.1, -0.05) is 19.9 Å². The number of fused-ring (bicyclic) bond motifs is 1. The third-order valence-corrected chi connectivity index (χ3v) is 4.30. The van der Waals surface area contributed by atoms with Gasteiger partial charge in [0.05, 0.1) is 11.4 Å². The molecule has 1 aromatic heterocycles. The molecule has 146 valence electrons. The second-order valence-corrected chi connectivity index (χ2v) is 6.64. The minimum absolute atomic E-state index is 0.00314. The number of aromatic hydroxyl groups is 1. The Morgan fingerprint density at radius 1 is 1.26 bits per heavy atom. The van der Waals surface area contributed by atoms with Crippen LogP contribution in [0.15, 0.2) is 24.4 Å². The highest BCUT2D eigenvalue weighted by atomic mass is 16.5. The summed E-state index contributed by atoms with van der Waals surface area (Å²) in [6, 6.07) is 3.27. The lowest BCUT2D eigenvalue weighted by Crippen LogP contribution is -2.53. The van der Waals surface area contributed by atoms with E-state index in [1.165, 1.54) is 19.2 Å². The second kappa shape index (κ2) is 8.68. The number of hydrogen-bond donors (Lipinski definition) is 4. The van der Waals surface area contributed by atoms with Crippen molar-refractivity contribution in [2.45, 2.75) is 32.9 Å². The largest absolute Gasteiger partial charge is 0.507 e. The average molecular weight is 375 g/mol. The molecular formula is C19H25N3O5. The minimum atomic E-state index is -1.07. The predicted octanol–water partition coefficient (Wildman–Crippen LogP) is 1.35. The van der Waals surface area contributed by atoms with E-state index in [0.717, 1.165) is 0 Å². The number of Topliss-reactive ketones (excluding diaryl/α,β-unsaturated/α-hetero) is 1. The molecule has 1 amide bonds.